The van der Waals surface area contributed by atoms with Crippen molar-refractivity contribution in [1.29, 1.82) is 0 Å². The third-order valence-electron chi connectivity index (χ3n) is 7.69. The van der Waals surface area contributed by atoms with E-state index in [1.165, 1.54) is 37.5 Å². The molecule has 5 nitrogen and oxygen atoms in total. The van der Waals surface area contributed by atoms with Crippen LogP contribution in [0.25, 0.3) is 0 Å². The summed E-state index contributed by atoms with van der Waals surface area (Å²) in [6.45, 7) is 1.47. The molecule has 1 aliphatic carbocycles. The molecule has 1 saturated heterocycles. The average molecular weight is 490 g/mol. The number of hydrogen-bond donors (Lipinski definition) is 1. The highest BCUT2D eigenvalue weighted by atomic mass is 35.5. The van der Waals surface area contributed by atoms with Crippen LogP contribution in [0.5, 0.6) is 0 Å². The molecule has 2 fully saturated rings. The molecule has 1 saturated carbocycles. The number of fused-ring (bicyclic) bond motifs is 6. The first kappa shape index (κ1) is 22.3. The molecule has 2 amide bonds. The first-order chi connectivity index (χ1) is 17.0. The Kier molecular flexibility index (Phi) is 5.58. The summed E-state index contributed by atoms with van der Waals surface area (Å²) in [5.74, 6) is -0.565. The maximum absolute atomic E-state index is 13.9. The van der Waals surface area contributed by atoms with Gasteiger partial charge in [0.2, 0.25) is 0 Å². The molecule has 3 aromatic carbocycles. The predicted molar refractivity (Wildman–Crippen MR) is 134 cm³/mol. The normalized spacial score (nSPS) is 22.9. The Morgan fingerprint density at radius 1 is 1.00 bits per heavy atom. The number of nitrogens with one attached hydrogen (secondary N) is 1. The van der Waals surface area contributed by atoms with Gasteiger partial charge in [0.1, 0.15) is 5.82 Å². The summed E-state index contributed by atoms with van der Waals surface area (Å²) < 4.78 is 13.9. The number of carbonyl (C=O) groups excluding carboxylic acids is 2. The van der Waals surface area contributed by atoms with Crippen molar-refractivity contribution in [3.8, 4) is 0 Å². The van der Waals surface area contributed by atoms with E-state index in [0.29, 0.717) is 40.8 Å². The molecular weight excluding hydrogens is 465 g/mol. The van der Waals surface area contributed by atoms with Gasteiger partial charge in [0.25, 0.3) is 11.8 Å². The fourth-order valence-electron chi connectivity index (χ4n) is 6.00. The molecular formula is C28H25ClFN3O2. The van der Waals surface area contributed by atoms with Crippen molar-refractivity contribution < 1.29 is 14.0 Å². The first-order valence-corrected chi connectivity index (χ1v) is 12.4. The van der Waals surface area contributed by atoms with Crippen molar-refractivity contribution in [1.82, 2.24) is 4.90 Å². The molecule has 0 aromatic heterocycles. The van der Waals surface area contributed by atoms with Crippen LogP contribution in [-0.4, -0.2) is 35.3 Å². The van der Waals surface area contributed by atoms with E-state index in [9.17, 15) is 14.0 Å². The lowest BCUT2D eigenvalue weighted by molar-refractivity contribution is 0.0961. The highest BCUT2D eigenvalue weighted by Gasteiger charge is 2.48. The molecule has 3 atom stereocenters. The summed E-state index contributed by atoms with van der Waals surface area (Å²) in [7, 11) is 0. The lowest BCUT2D eigenvalue weighted by Gasteiger charge is -2.35. The smallest absolute Gasteiger partial charge is 0.258 e. The zero-order chi connectivity index (χ0) is 24.1. The number of halogens is 2. The molecule has 0 unspecified atom stereocenters. The summed E-state index contributed by atoms with van der Waals surface area (Å²) in [5, 5.41) is 3.37. The number of benzene rings is 3. The van der Waals surface area contributed by atoms with E-state index in [1.54, 1.807) is 30.3 Å². The standard InChI is InChI=1S/C28H25ClFN3O2/c29-20-8-12-25-19(13-20)15-32-22-11-7-18(14-22)26(32)16-33(25)28(35)17-5-9-21(10-6-17)31-27(34)23-3-1-2-4-24(23)30/h1-6,8-10,12-13,18,22,26H,7,11,14-16H2,(H,31,34)/t18-,22+,26+/m0/s1. The van der Waals surface area contributed by atoms with Crippen LogP contribution >= 0.6 is 11.6 Å². The Labute approximate surface area is 208 Å². The molecule has 7 heteroatoms. The van der Waals surface area contributed by atoms with Crippen LogP contribution in [-0.2, 0) is 6.54 Å². The van der Waals surface area contributed by atoms with Crippen LogP contribution in [0.3, 0.4) is 0 Å². The van der Waals surface area contributed by atoms with Gasteiger partial charge in [-0.25, -0.2) is 4.39 Å². The van der Waals surface area contributed by atoms with Gasteiger partial charge in [-0.3, -0.25) is 14.5 Å². The largest absolute Gasteiger partial charge is 0.322 e. The molecule has 1 N–H and O–H groups in total. The quantitative estimate of drug-likeness (QED) is 0.510. The molecule has 2 heterocycles. The Bertz CT molecular complexity index is 1310. The van der Waals surface area contributed by atoms with Gasteiger partial charge >= 0.3 is 0 Å². The first-order valence-electron chi connectivity index (χ1n) is 12.0. The molecule has 2 bridgehead atoms. The van der Waals surface area contributed by atoms with Crippen molar-refractivity contribution in [3.63, 3.8) is 0 Å². The number of anilines is 2. The van der Waals surface area contributed by atoms with E-state index in [0.717, 1.165) is 17.8 Å². The van der Waals surface area contributed by atoms with E-state index in [1.807, 2.05) is 23.1 Å². The Hall–Kier alpha value is -3.22. The van der Waals surface area contributed by atoms with Crippen molar-refractivity contribution in [3.05, 3.63) is 94.3 Å². The Morgan fingerprint density at radius 2 is 1.80 bits per heavy atom. The number of amides is 2. The second kappa shape index (κ2) is 8.77. The van der Waals surface area contributed by atoms with Crippen LogP contribution in [0.15, 0.2) is 66.7 Å². The lowest BCUT2D eigenvalue weighted by atomic mass is 9.98. The van der Waals surface area contributed by atoms with Crippen molar-refractivity contribution in [2.45, 2.75) is 37.9 Å². The number of nitrogens with zero attached hydrogens (tertiary/aromatic N) is 2. The fourth-order valence-corrected chi connectivity index (χ4v) is 6.19. The molecule has 3 aromatic rings. The van der Waals surface area contributed by atoms with E-state index in [-0.39, 0.29) is 11.5 Å². The zero-order valence-corrected chi connectivity index (χ0v) is 19.8. The van der Waals surface area contributed by atoms with Crippen molar-refractivity contribution in [2.24, 2.45) is 5.92 Å². The maximum Gasteiger partial charge on any atom is 0.258 e. The molecule has 3 aliphatic rings. The maximum atomic E-state index is 13.9. The van der Waals surface area contributed by atoms with Gasteiger partial charge in [0, 0.05) is 47.1 Å². The number of hydrogen-bond acceptors (Lipinski definition) is 3. The van der Waals surface area contributed by atoms with Gasteiger partial charge in [-0.1, -0.05) is 23.7 Å². The van der Waals surface area contributed by atoms with Gasteiger partial charge in [-0.05, 0) is 85.3 Å². The van der Waals surface area contributed by atoms with Crippen LogP contribution < -0.4 is 10.2 Å². The number of piperidine rings is 1. The van der Waals surface area contributed by atoms with E-state index >= 15 is 0 Å². The molecule has 178 valence electrons. The third kappa shape index (κ3) is 4.01. The third-order valence-corrected chi connectivity index (χ3v) is 7.93. The van der Waals surface area contributed by atoms with Gasteiger partial charge in [-0.15, -0.1) is 0 Å². The highest BCUT2D eigenvalue weighted by molar-refractivity contribution is 6.30. The summed E-state index contributed by atoms with van der Waals surface area (Å²) in [6, 6.07) is 19.3. The topological polar surface area (TPSA) is 52.7 Å². The van der Waals surface area contributed by atoms with Gasteiger partial charge < -0.3 is 10.2 Å². The minimum absolute atomic E-state index is 0.0251. The second-order valence-corrected chi connectivity index (χ2v) is 10.1. The van der Waals surface area contributed by atoms with Crippen LogP contribution in [0, 0.1) is 11.7 Å². The number of rotatable bonds is 3. The highest BCUT2D eigenvalue weighted by Crippen LogP contribution is 2.46. The van der Waals surface area contributed by atoms with E-state index in [2.05, 4.69) is 10.2 Å². The Balaban J connectivity index is 1.26. The minimum Gasteiger partial charge on any atom is -0.322 e. The summed E-state index contributed by atoms with van der Waals surface area (Å²) in [4.78, 5) is 30.6. The molecule has 6 rings (SSSR count). The van der Waals surface area contributed by atoms with Crippen molar-refractivity contribution >= 4 is 34.8 Å². The average Bonchev–Trinajstić information content (AvgIpc) is 3.41. The zero-order valence-electron chi connectivity index (χ0n) is 19.1. The molecule has 35 heavy (non-hydrogen) atoms. The monoisotopic (exact) mass is 489 g/mol. The van der Waals surface area contributed by atoms with E-state index < -0.39 is 11.7 Å². The van der Waals surface area contributed by atoms with Crippen LogP contribution in [0.1, 0.15) is 45.5 Å². The second-order valence-electron chi connectivity index (χ2n) is 9.67. The Morgan fingerprint density at radius 3 is 2.60 bits per heavy atom. The molecule has 0 spiro atoms. The summed E-state index contributed by atoms with van der Waals surface area (Å²) >= 11 is 6.33. The fraction of sp³-hybridized carbons (Fsp3) is 0.286. The predicted octanol–water partition coefficient (Wildman–Crippen LogP) is 5.74. The van der Waals surface area contributed by atoms with Gasteiger partial charge in [0.05, 0.1) is 5.56 Å². The van der Waals surface area contributed by atoms with Gasteiger partial charge in [-0.2, -0.15) is 0 Å². The molecule has 0 radical (unpaired) electrons. The van der Waals surface area contributed by atoms with Crippen molar-refractivity contribution in [2.75, 3.05) is 16.8 Å². The summed E-state index contributed by atoms with van der Waals surface area (Å²) in [5.41, 5.74) is 2.99. The van der Waals surface area contributed by atoms with Crippen LogP contribution in [0.4, 0.5) is 15.8 Å². The number of carbonyl (C=O) groups is 2. The minimum atomic E-state index is -0.577. The SMILES string of the molecule is O=C(Nc1ccc(C(=O)N2C[C@@H]3[C@H]4CC[C@H](C4)N3Cc3cc(Cl)ccc32)cc1)c1ccccc1F. The lowest BCUT2D eigenvalue weighted by Crippen LogP contribution is -2.46. The van der Waals surface area contributed by atoms with Crippen LogP contribution in [0.2, 0.25) is 5.02 Å². The molecule has 2 aliphatic heterocycles. The summed E-state index contributed by atoms with van der Waals surface area (Å²) in [6.07, 6.45) is 3.66. The van der Waals surface area contributed by atoms with E-state index in [4.69, 9.17) is 11.6 Å². The van der Waals surface area contributed by atoms with Gasteiger partial charge in [0.15, 0.2) is 0 Å².